The molecule has 2 aliphatic heterocycles. The van der Waals surface area contributed by atoms with Crippen LogP contribution in [0.25, 0.3) is 0 Å². The first-order chi connectivity index (χ1) is 9.94. The largest absolute Gasteiger partial charge is 0.481 e. The monoisotopic (exact) mass is 317 g/mol. The minimum Gasteiger partial charge on any atom is -0.481 e. The van der Waals surface area contributed by atoms with Gasteiger partial charge in [-0.15, -0.1) is 0 Å². The lowest BCUT2D eigenvalue weighted by Crippen LogP contribution is -2.40. The molecule has 2 saturated heterocycles. The van der Waals surface area contributed by atoms with Crippen LogP contribution in [0, 0.1) is 11.3 Å². The van der Waals surface area contributed by atoms with Crippen molar-refractivity contribution in [2.45, 2.75) is 44.6 Å². The highest BCUT2D eigenvalue weighted by atomic mass is 32.2. The molecule has 1 aliphatic carbocycles. The lowest BCUT2D eigenvalue weighted by atomic mass is 9.81. The van der Waals surface area contributed by atoms with E-state index >= 15 is 0 Å². The van der Waals surface area contributed by atoms with Crippen LogP contribution in [-0.4, -0.2) is 55.4 Å². The third kappa shape index (κ3) is 2.71. The van der Waals surface area contributed by atoms with Gasteiger partial charge in [-0.25, -0.2) is 12.7 Å². The summed E-state index contributed by atoms with van der Waals surface area (Å²) in [4.78, 5) is 11.6. The predicted molar refractivity (Wildman–Crippen MR) is 76.4 cm³/mol. The molecular formula is C14H23NO5S. The van der Waals surface area contributed by atoms with Gasteiger partial charge in [0.2, 0.25) is 10.0 Å². The molecule has 21 heavy (non-hydrogen) atoms. The molecule has 2 heterocycles. The molecule has 0 aromatic carbocycles. The van der Waals surface area contributed by atoms with E-state index in [1.54, 1.807) is 0 Å². The fraction of sp³-hybridized carbons (Fsp3) is 0.929. The maximum absolute atomic E-state index is 12.5. The van der Waals surface area contributed by atoms with Crippen molar-refractivity contribution in [1.82, 2.24) is 4.31 Å². The van der Waals surface area contributed by atoms with Gasteiger partial charge in [-0.3, -0.25) is 4.79 Å². The molecule has 0 radical (unpaired) electrons. The van der Waals surface area contributed by atoms with E-state index in [0.717, 1.165) is 32.1 Å². The highest BCUT2D eigenvalue weighted by molar-refractivity contribution is 7.89. The second kappa shape index (κ2) is 5.52. The van der Waals surface area contributed by atoms with Crippen molar-refractivity contribution in [3.8, 4) is 0 Å². The van der Waals surface area contributed by atoms with Gasteiger partial charge >= 0.3 is 5.97 Å². The number of hydrogen-bond acceptors (Lipinski definition) is 4. The number of ether oxygens (including phenoxy) is 1. The van der Waals surface area contributed by atoms with E-state index in [2.05, 4.69) is 0 Å². The van der Waals surface area contributed by atoms with Crippen LogP contribution in [0.3, 0.4) is 0 Å². The van der Waals surface area contributed by atoms with E-state index in [-0.39, 0.29) is 24.3 Å². The van der Waals surface area contributed by atoms with Gasteiger partial charge in [-0.1, -0.05) is 6.42 Å². The van der Waals surface area contributed by atoms with Crippen LogP contribution in [0.15, 0.2) is 0 Å². The third-order valence-electron chi connectivity index (χ3n) is 5.33. The Morgan fingerprint density at radius 1 is 1.29 bits per heavy atom. The summed E-state index contributed by atoms with van der Waals surface area (Å²) in [5.74, 6) is -0.872. The molecule has 0 amide bonds. The average molecular weight is 317 g/mol. The number of hydrogen-bond donors (Lipinski definition) is 1. The summed E-state index contributed by atoms with van der Waals surface area (Å²) >= 11 is 0. The van der Waals surface area contributed by atoms with E-state index in [0.29, 0.717) is 19.6 Å². The van der Waals surface area contributed by atoms with Gasteiger partial charge in [0, 0.05) is 19.7 Å². The number of carboxylic acid groups (broad SMARTS) is 1. The first kappa shape index (κ1) is 15.2. The number of carbonyl (C=O) groups is 1. The smallest absolute Gasteiger partial charge is 0.311 e. The van der Waals surface area contributed by atoms with Crippen molar-refractivity contribution in [2.75, 3.05) is 25.4 Å². The summed E-state index contributed by atoms with van der Waals surface area (Å²) < 4.78 is 32.0. The van der Waals surface area contributed by atoms with Gasteiger partial charge in [0.05, 0.1) is 17.3 Å². The Kier molecular flexibility index (Phi) is 4.00. The zero-order valence-electron chi connectivity index (χ0n) is 12.2. The van der Waals surface area contributed by atoms with Gasteiger partial charge in [-0.05, 0) is 38.0 Å². The first-order valence-corrected chi connectivity index (χ1v) is 9.38. The molecule has 3 rings (SSSR count). The lowest BCUT2D eigenvalue weighted by molar-refractivity contribution is -0.149. The Bertz CT molecular complexity index is 513. The van der Waals surface area contributed by atoms with Gasteiger partial charge in [-0.2, -0.15) is 0 Å². The highest BCUT2D eigenvalue weighted by Crippen LogP contribution is 2.49. The van der Waals surface area contributed by atoms with Crippen molar-refractivity contribution >= 4 is 16.0 Å². The number of fused-ring (bicyclic) bond motifs is 1. The van der Waals surface area contributed by atoms with Gasteiger partial charge in [0.15, 0.2) is 0 Å². The van der Waals surface area contributed by atoms with Gasteiger partial charge in [0.1, 0.15) is 0 Å². The SMILES string of the molecule is O=C(O)[C@@]12CCC[C@H]1CN(S(=O)(=O)CC1CCCCO1)C2. The highest BCUT2D eigenvalue weighted by Gasteiger charge is 2.57. The maximum atomic E-state index is 12.5. The van der Waals surface area contributed by atoms with E-state index in [9.17, 15) is 18.3 Å². The Morgan fingerprint density at radius 3 is 2.71 bits per heavy atom. The van der Waals surface area contributed by atoms with Crippen LogP contribution in [0.2, 0.25) is 0 Å². The number of sulfonamides is 1. The second-order valence-electron chi connectivity index (χ2n) is 6.61. The minimum absolute atomic E-state index is 0.00454. The Morgan fingerprint density at radius 2 is 2.10 bits per heavy atom. The molecule has 0 bridgehead atoms. The molecule has 0 spiro atoms. The third-order valence-corrected chi connectivity index (χ3v) is 7.19. The quantitative estimate of drug-likeness (QED) is 0.838. The molecule has 3 fully saturated rings. The maximum Gasteiger partial charge on any atom is 0.311 e. The van der Waals surface area contributed by atoms with E-state index < -0.39 is 21.4 Å². The van der Waals surface area contributed by atoms with Crippen LogP contribution in [-0.2, 0) is 19.6 Å². The topological polar surface area (TPSA) is 83.9 Å². The lowest BCUT2D eigenvalue weighted by Gasteiger charge is -2.26. The average Bonchev–Trinajstić information content (AvgIpc) is 2.97. The van der Waals surface area contributed by atoms with Crippen LogP contribution >= 0.6 is 0 Å². The molecule has 1 saturated carbocycles. The molecule has 7 heteroatoms. The summed E-state index contributed by atoms with van der Waals surface area (Å²) in [6, 6.07) is 0. The molecule has 0 aromatic heterocycles. The van der Waals surface area contributed by atoms with Crippen LogP contribution < -0.4 is 0 Å². The number of carboxylic acids is 1. The van der Waals surface area contributed by atoms with Crippen LogP contribution in [0.4, 0.5) is 0 Å². The molecular weight excluding hydrogens is 294 g/mol. The number of aliphatic carboxylic acids is 1. The fourth-order valence-electron chi connectivity index (χ4n) is 4.08. The molecule has 120 valence electrons. The Labute approximate surface area is 125 Å². The van der Waals surface area contributed by atoms with Crippen molar-refractivity contribution < 1.29 is 23.1 Å². The van der Waals surface area contributed by atoms with E-state index in [4.69, 9.17) is 4.74 Å². The normalized spacial score (nSPS) is 37.5. The zero-order valence-corrected chi connectivity index (χ0v) is 13.0. The summed E-state index contributed by atoms with van der Waals surface area (Å²) in [6.07, 6.45) is 4.84. The fourth-order valence-corrected chi connectivity index (χ4v) is 5.86. The van der Waals surface area contributed by atoms with Crippen LogP contribution in [0.5, 0.6) is 0 Å². The summed E-state index contributed by atoms with van der Waals surface area (Å²) in [6.45, 7) is 1.13. The molecule has 1 unspecified atom stereocenters. The van der Waals surface area contributed by atoms with Crippen LogP contribution in [0.1, 0.15) is 38.5 Å². The van der Waals surface area contributed by atoms with Crippen molar-refractivity contribution in [3.63, 3.8) is 0 Å². The van der Waals surface area contributed by atoms with E-state index in [1.165, 1.54) is 4.31 Å². The molecule has 1 N–H and O–H groups in total. The molecule has 3 aliphatic rings. The number of rotatable bonds is 4. The second-order valence-corrected chi connectivity index (χ2v) is 8.62. The zero-order chi connectivity index (χ0) is 15.1. The van der Waals surface area contributed by atoms with Gasteiger partial charge in [0.25, 0.3) is 0 Å². The van der Waals surface area contributed by atoms with Gasteiger partial charge < -0.3 is 9.84 Å². The first-order valence-electron chi connectivity index (χ1n) is 7.77. The molecule has 3 atom stereocenters. The van der Waals surface area contributed by atoms with E-state index in [1.807, 2.05) is 0 Å². The summed E-state index contributed by atoms with van der Waals surface area (Å²) in [5.41, 5.74) is -0.847. The summed E-state index contributed by atoms with van der Waals surface area (Å²) in [7, 11) is -3.43. The number of nitrogens with zero attached hydrogens (tertiary/aromatic N) is 1. The van der Waals surface area contributed by atoms with Crippen molar-refractivity contribution in [2.24, 2.45) is 11.3 Å². The van der Waals surface area contributed by atoms with Crippen molar-refractivity contribution in [3.05, 3.63) is 0 Å². The van der Waals surface area contributed by atoms with Crippen molar-refractivity contribution in [1.29, 1.82) is 0 Å². The Balaban J connectivity index is 1.71. The minimum atomic E-state index is -3.43. The summed E-state index contributed by atoms with van der Waals surface area (Å²) in [5, 5.41) is 9.53. The molecule has 6 nitrogen and oxygen atoms in total. The standard InChI is InChI=1S/C14H23NO5S/c16-13(17)14-6-3-4-11(14)8-15(10-14)21(18,19)9-12-5-1-2-7-20-12/h11-12H,1-10H2,(H,16,17)/t11-,12?,14+/m0/s1. The Hall–Kier alpha value is -0.660. The molecule has 0 aromatic rings. The predicted octanol–water partition coefficient (Wildman–Crippen LogP) is 1.07.